The van der Waals surface area contributed by atoms with Gasteiger partial charge in [0, 0.05) is 17.8 Å². The van der Waals surface area contributed by atoms with Crippen LogP contribution in [0.4, 0.5) is 11.8 Å². The molecule has 3 rings (SSSR count). The van der Waals surface area contributed by atoms with E-state index in [1.807, 2.05) is 50.2 Å². The van der Waals surface area contributed by atoms with Crippen molar-refractivity contribution in [2.24, 2.45) is 0 Å². The average Bonchev–Trinajstić information content (AvgIpc) is 2.76. The zero-order valence-electron chi connectivity index (χ0n) is 16.6. The van der Waals surface area contributed by atoms with Crippen molar-refractivity contribution in [2.75, 3.05) is 10.6 Å². The summed E-state index contributed by atoms with van der Waals surface area (Å²) in [5.41, 5.74) is 4.34. The van der Waals surface area contributed by atoms with Gasteiger partial charge in [0.05, 0.1) is 29.3 Å². The van der Waals surface area contributed by atoms with Crippen LogP contribution in [0.25, 0.3) is 0 Å². The second kappa shape index (κ2) is 8.86. The molecule has 0 saturated carbocycles. The topological polar surface area (TPSA) is 97.4 Å². The van der Waals surface area contributed by atoms with E-state index in [4.69, 9.17) is 10.5 Å². The van der Waals surface area contributed by atoms with E-state index in [1.165, 1.54) is 0 Å². The monoisotopic (exact) mass is 382 g/mol. The van der Waals surface area contributed by atoms with Gasteiger partial charge in [0.25, 0.3) is 0 Å². The van der Waals surface area contributed by atoms with E-state index in [0.717, 1.165) is 22.5 Å². The van der Waals surface area contributed by atoms with Gasteiger partial charge in [0.2, 0.25) is 5.95 Å². The molecule has 2 aromatic carbocycles. The Bertz CT molecular complexity index is 1060. The van der Waals surface area contributed by atoms with Crippen LogP contribution in [-0.2, 0) is 0 Å². The number of aryl methyl sites for hydroxylation is 1. The van der Waals surface area contributed by atoms with Gasteiger partial charge in [0.15, 0.2) is 0 Å². The summed E-state index contributed by atoms with van der Waals surface area (Å²) in [6, 6.07) is 19.2. The van der Waals surface area contributed by atoms with Gasteiger partial charge in [-0.25, -0.2) is 4.98 Å². The molecule has 144 valence electrons. The van der Waals surface area contributed by atoms with Crippen molar-refractivity contribution in [1.29, 1.82) is 10.5 Å². The quantitative estimate of drug-likeness (QED) is 0.631. The molecule has 6 heteroatoms. The van der Waals surface area contributed by atoms with Gasteiger partial charge < -0.3 is 10.6 Å². The van der Waals surface area contributed by atoms with E-state index in [2.05, 4.69) is 39.7 Å². The Labute approximate surface area is 170 Å². The van der Waals surface area contributed by atoms with Crippen molar-refractivity contribution in [1.82, 2.24) is 9.97 Å². The highest BCUT2D eigenvalue weighted by Crippen LogP contribution is 2.23. The molecule has 0 aliphatic heterocycles. The predicted molar refractivity (Wildman–Crippen MR) is 113 cm³/mol. The molecule has 1 aromatic heterocycles. The van der Waals surface area contributed by atoms with Gasteiger partial charge >= 0.3 is 0 Å². The molecule has 2 unspecified atom stereocenters. The Kier molecular flexibility index (Phi) is 6.06. The fourth-order valence-electron chi connectivity index (χ4n) is 2.92. The lowest BCUT2D eigenvalue weighted by Gasteiger charge is -2.19. The molecular formula is C23H22N6. The number of anilines is 2. The third-order valence-electron chi connectivity index (χ3n) is 4.75. The first-order valence-electron chi connectivity index (χ1n) is 9.37. The summed E-state index contributed by atoms with van der Waals surface area (Å²) in [6.45, 7) is 6.04. The predicted octanol–water partition coefficient (Wildman–Crippen LogP) is 4.87. The van der Waals surface area contributed by atoms with Gasteiger partial charge in [-0.3, -0.25) is 0 Å². The molecule has 0 radical (unpaired) electrons. The first-order valence-corrected chi connectivity index (χ1v) is 9.37. The second-order valence-corrected chi connectivity index (χ2v) is 6.92. The third kappa shape index (κ3) is 4.88. The van der Waals surface area contributed by atoms with Gasteiger partial charge in [-0.1, -0.05) is 24.3 Å². The van der Waals surface area contributed by atoms with Crippen molar-refractivity contribution >= 4 is 11.8 Å². The molecule has 2 N–H and O–H groups in total. The Morgan fingerprint density at radius 1 is 0.793 bits per heavy atom. The molecule has 0 aliphatic rings. The second-order valence-electron chi connectivity index (χ2n) is 6.92. The molecular weight excluding hydrogens is 360 g/mol. The number of nitrogens with one attached hydrogen (secondary N) is 2. The highest BCUT2D eigenvalue weighted by Gasteiger charge is 2.12. The molecule has 0 aliphatic carbocycles. The number of nitriles is 2. The van der Waals surface area contributed by atoms with Crippen molar-refractivity contribution in [2.45, 2.75) is 32.9 Å². The lowest BCUT2D eigenvalue weighted by atomic mass is 10.1. The lowest BCUT2D eigenvalue weighted by Crippen LogP contribution is -2.13. The van der Waals surface area contributed by atoms with Crippen LogP contribution in [0, 0.1) is 29.6 Å². The molecule has 2 atom stereocenters. The molecule has 3 aromatic rings. The standard InChI is InChI=1S/C23H22N6/c1-15-14-26-23(28-17(3)21-10-6-19(13-25)7-11-21)29-22(15)27-16(2)20-8-4-18(12-24)5-9-20/h4-11,14,16-17H,1-3H3,(H2,26,27,28,29). The fourth-order valence-corrected chi connectivity index (χ4v) is 2.92. The molecule has 0 spiro atoms. The Balaban J connectivity index is 1.73. The summed E-state index contributed by atoms with van der Waals surface area (Å²) in [6.07, 6.45) is 1.79. The lowest BCUT2D eigenvalue weighted by molar-refractivity contribution is 0.844. The van der Waals surface area contributed by atoms with E-state index < -0.39 is 0 Å². The first-order chi connectivity index (χ1) is 14.0. The minimum atomic E-state index is -0.00533. The van der Waals surface area contributed by atoms with Crippen LogP contribution in [0.15, 0.2) is 54.7 Å². The summed E-state index contributed by atoms with van der Waals surface area (Å²) >= 11 is 0. The summed E-state index contributed by atoms with van der Waals surface area (Å²) in [5, 5.41) is 24.6. The highest BCUT2D eigenvalue weighted by atomic mass is 15.2. The minimum Gasteiger partial charge on any atom is -0.363 e. The maximum atomic E-state index is 8.95. The van der Waals surface area contributed by atoms with Crippen LogP contribution in [0.1, 0.15) is 53.7 Å². The zero-order valence-corrected chi connectivity index (χ0v) is 16.6. The van der Waals surface area contributed by atoms with Crippen LogP contribution < -0.4 is 10.6 Å². The van der Waals surface area contributed by atoms with Crippen molar-refractivity contribution < 1.29 is 0 Å². The molecule has 0 amide bonds. The molecule has 0 fully saturated rings. The Morgan fingerprint density at radius 3 is 1.76 bits per heavy atom. The van der Waals surface area contributed by atoms with E-state index in [0.29, 0.717) is 17.1 Å². The van der Waals surface area contributed by atoms with Gasteiger partial charge in [-0.15, -0.1) is 0 Å². The first kappa shape index (κ1) is 19.9. The maximum absolute atomic E-state index is 8.95. The summed E-state index contributed by atoms with van der Waals surface area (Å²) < 4.78 is 0. The van der Waals surface area contributed by atoms with E-state index >= 15 is 0 Å². The Hall–Kier alpha value is -3.90. The van der Waals surface area contributed by atoms with Gasteiger partial charge in [0.1, 0.15) is 5.82 Å². The van der Waals surface area contributed by atoms with Crippen molar-refractivity contribution in [3.63, 3.8) is 0 Å². The molecule has 0 bridgehead atoms. The van der Waals surface area contributed by atoms with E-state index in [-0.39, 0.29) is 12.1 Å². The number of nitrogens with zero attached hydrogens (tertiary/aromatic N) is 4. The number of hydrogen-bond donors (Lipinski definition) is 2. The zero-order chi connectivity index (χ0) is 20.8. The fraction of sp³-hybridized carbons (Fsp3) is 0.217. The minimum absolute atomic E-state index is 0.00533. The van der Waals surface area contributed by atoms with Crippen LogP contribution in [0.5, 0.6) is 0 Å². The highest BCUT2D eigenvalue weighted by molar-refractivity contribution is 5.49. The number of benzene rings is 2. The number of rotatable bonds is 6. The smallest absolute Gasteiger partial charge is 0.225 e. The average molecular weight is 382 g/mol. The number of hydrogen-bond acceptors (Lipinski definition) is 6. The molecule has 0 saturated heterocycles. The molecule has 29 heavy (non-hydrogen) atoms. The van der Waals surface area contributed by atoms with Gasteiger partial charge in [-0.2, -0.15) is 15.5 Å². The van der Waals surface area contributed by atoms with Crippen molar-refractivity contribution in [3.8, 4) is 12.1 Å². The largest absolute Gasteiger partial charge is 0.363 e. The SMILES string of the molecule is Cc1cnc(NC(C)c2ccc(C#N)cc2)nc1NC(C)c1ccc(C#N)cc1. The maximum Gasteiger partial charge on any atom is 0.225 e. The van der Waals surface area contributed by atoms with Crippen LogP contribution in [-0.4, -0.2) is 9.97 Å². The van der Waals surface area contributed by atoms with E-state index in [1.54, 1.807) is 18.3 Å². The molecule has 6 nitrogen and oxygen atoms in total. The molecule has 1 heterocycles. The van der Waals surface area contributed by atoms with Crippen LogP contribution >= 0.6 is 0 Å². The summed E-state index contributed by atoms with van der Waals surface area (Å²) in [4.78, 5) is 9.02. The van der Waals surface area contributed by atoms with Crippen molar-refractivity contribution in [3.05, 3.63) is 82.5 Å². The van der Waals surface area contributed by atoms with E-state index in [9.17, 15) is 0 Å². The number of aromatic nitrogens is 2. The van der Waals surface area contributed by atoms with Gasteiger partial charge in [-0.05, 0) is 56.2 Å². The summed E-state index contributed by atoms with van der Waals surface area (Å²) in [5.74, 6) is 1.29. The normalized spacial score (nSPS) is 12.3. The van der Waals surface area contributed by atoms with Crippen LogP contribution in [0.3, 0.4) is 0 Å². The Morgan fingerprint density at radius 2 is 1.28 bits per heavy atom. The summed E-state index contributed by atoms with van der Waals surface area (Å²) in [7, 11) is 0. The third-order valence-corrected chi connectivity index (χ3v) is 4.75. The van der Waals surface area contributed by atoms with Crippen LogP contribution in [0.2, 0.25) is 0 Å².